The van der Waals surface area contributed by atoms with Gasteiger partial charge in [0.25, 0.3) is 5.91 Å². The number of aliphatic imine (C=N–C) groups is 1. The van der Waals surface area contributed by atoms with Crippen molar-refractivity contribution in [1.82, 2.24) is 14.4 Å². The Morgan fingerprint density at radius 2 is 1.89 bits per heavy atom. The van der Waals surface area contributed by atoms with Crippen LogP contribution in [0.3, 0.4) is 0 Å². The van der Waals surface area contributed by atoms with Gasteiger partial charge in [0, 0.05) is 42.8 Å². The first-order valence-electron chi connectivity index (χ1n) is 11.4. The summed E-state index contributed by atoms with van der Waals surface area (Å²) in [4.78, 5) is 34.5. The van der Waals surface area contributed by atoms with E-state index in [9.17, 15) is 9.59 Å². The van der Waals surface area contributed by atoms with Gasteiger partial charge in [-0.1, -0.05) is 18.2 Å². The van der Waals surface area contributed by atoms with E-state index in [0.717, 1.165) is 27.9 Å². The first-order chi connectivity index (χ1) is 17.0. The summed E-state index contributed by atoms with van der Waals surface area (Å²) in [5.74, 6) is 0.707. The fourth-order valence-corrected chi connectivity index (χ4v) is 5.12. The van der Waals surface area contributed by atoms with E-state index in [4.69, 9.17) is 9.47 Å². The standard InChI is InChI=1S/C26H26N4O4S/c1-28-25(32)23(35-26(28)27-19-7-9-20(33-2)10-8-19)15-18-16-30(22-6-4-3-5-21(18)22)17-24(31)29-11-13-34-14-12-29/h3-10,15-16H,11-14,17H2,1-2H3/b23-15-,27-26?. The van der Waals surface area contributed by atoms with Gasteiger partial charge >= 0.3 is 0 Å². The Kier molecular flexibility index (Phi) is 6.61. The van der Waals surface area contributed by atoms with Crippen molar-refractivity contribution in [2.75, 3.05) is 40.5 Å². The molecule has 8 nitrogen and oxygen atoms in total. The molecule has 5 rings (SSSR count). The number of ether oxygens (including phenoxy) is 2. The predicted molar refractivity (Wildman–Crippen MR) is 138 cm³/mol. The van der Waals surface area contributed by atoms with Gasteiger partial charge in [-0.05, 0) is 48.2 Å². The highest BCUT2D eigenvalue weighted by molar-refractivity contribution is 8.18. The van der Waals surface area contributed by atoms with Gasteiger partial charge < -0.3 is 18.9 Å². The lowest BCUT2D eigenvalue weighted by molar-refractivity contribution is -0.135. The Labute approximate surface area is 207 Å². The number of hydrogen-bond acceptors (Lipinski definition) is 6. The van der Waals surface area contributed by atoms with Crippen molar-refractivity contribution in [1.29, 1.82) is 0 Å². The SMILES string of the molecule is COc1ccc(N=C2S/C(=C\c3cn(CC(=O)N4CCOCC4)c4ccccc34)C(=O)N2C)cc1. The molecule has 35 heavy (non-hydrogen) atoms. The number of amides is 2. The number of methoxy groups -OCH3 is 1. The molecule has 1 aromatic heterocycles. The maximum Gasteiger partial charge on any atom is 0.266 e. The van der Waals surface area contributed by atoms with Gasteiger partial charge in [-0.3, -0.25) is 14.5 Å². The number of amidine groups is 1. The number of carbonyl (C=O) groups is 2. The van der Waals surface area contributed by atoms with E-state index in [1.807, 2.05) is 70.3 Å². The van der Waals surface area contributed by atoms with Gasteiger partial charge in [-0.2, -0.15) is 0 Å². The number of fused-ring (bicyclic) bond motifs is 1. The maximum absolute atomic E-state index is 13.0. The Hall–Kier alpha value is -3.56. The molecule has 0 N–H and O–H groups in total. The van der Waals surface area contributed by atoms with Gasteiger partial charge in [0.15, 0.2) is 5.17 Å². The van der Waals surface area contributed by atoms with Crippen LogP contribution in [0.15, 0.2) is 64.6 Å². The summed E-state index contributed by atoms with van der Waals surface area (Å²) >= 11 is 1.34. The van der Waals surface area contributed by atoms with Crippen molar-refractivity contribution in [2.24, 2.45) is 4.99 Å². The normalized spacial score (nSPS) is 18.7. The molecule has 2 fully saturated rings. The number of aromatic nitrogens is 1. The summed E-state index contributed by atoms with van der Waals surface area (Å²) in [5.41, 5.74) is 2.59. The average Bonchev–Trinajstić information content (AvgIpc) is 3.37. The van der Waals surface area contributed by atoms with Crippen molar-refractivity contribution < 1.29 is 19.1 Å². The molecule has 3 heterocycles. The zero-order valence-corrected chi connectivity index (χ0v) is 20.5. The van der Waals surface area contributed by atoms with Gasteiger partial charge in [-0.15, -0.1) is 0 Å². The lowest BCUT2D eigenvalue weighted by Gasteiger charge is -2.27. The number of thioether (sulfide) groups is 1. The largest absolute Gasteiger partial charge is 0.497 e. The summed E-state index contributed by atoms with van der Waals surface area (Å²) in [6.45, 7) is 2.62. The second-order valence-corrected chi connectivity index (χ2v) is 9.30. The van der Waals surface area contributed by atoms with Gasteiger partial charge in [0.2, 0.25) is 5.91 Å². The molecule has 0 saturated carbocycles. The summed E-state index contributed by atoms with van der Waals surface area (Å²) in [5, 5.41) is 1.60. The van der Waals surface area contributed by atoms with Crippen molar-refractivity contribution >= 4 is 51.4 Å². The minimum atomic E-state index is -0.108. The first-order valence-corrected chi connectivity index (χ1v) is 12.2. The number of para-hydroxylation sites is 1. The maximum atomic E-state index is 13.0. The van der Waals surface area contributed by atoms with Crippen molar-refractivity contribution in [3.05, 3.63) is 65.2 Å². The molecule has 0 bridgehead atoms. The van der Waals surface area contributed by atoms with Crippen molar-refractivity contribution in [3.8, 4) is 5.75 Å². The summed E-state index contributed by atoms with van der Waals surface area (Å²) in [6, 6.07) is 15.3. The first kappa shape index (κ1) is 23.2. The number of rotatable bonds is 5. The molecule has 2 aromatic carbocycles. The zero-order valence-electron chi connectivity index (χ0n) is 19.6. The van der Waals surface area contributed by atoms with Crippen LogP contribution in [-0.2, 0) is 20.9 Å². The Morgan fingerprint density at radius 1 is 1.14 bits per heavy atom. The van der Waals surface area contributed by atoms with Crippen LogP contribution in [-0.4, -0.2) is 71.8 Å². The van der Waals surface area contributed by atoms with E-state index in [1.54, 1.807) is 19.1 Å². The third kappa shape index (κ3) is 4.82. The van der Waals surface area contributed by atoms with Crippen LogP contribution in [0, 0.1) is 0 Å². The second-order valence-electron chi connectivity index (χ2n) is 8.29. The second kappa shape index (κ2) is 9.97. The van der Waals surface area contributed by atoms with Crippen molar-refractivity contribution in [2.45, 2.75) is 6.54 Å². The predicted octanol–water partition coefficient (Wildman–Crippen LogP) is 3.74. The number of hydrogen-bond donors (Lipinski definition) is 0. The molecular weight excluding hydrogens is 464 g/mol. The molecule has 2 aliphatic rings. The molecule has 0 aliphatic carbocycles. The molecule has 0 atom stereocenters. The van der Waals surface area contributed by atoms with E-state index in [1.165, 1.54) is 11.8 Å². The number of likely N-dealkylation sites (N-methyl/N-ethyl adjacent to an activating group) is 1. The summed E-state index contributed by atoms with van der Waals surface area (Å²) in [7, 11) is 3.34. The molecule has 9 heteroatoms. The Balaban J connectivity index is 1.42. The van der Waals surface area contributed by atoms with Crippen LogP contribution in [0.25, 0.3) is 17.0 Å². The number of morpholine rings is 1. The van der Waals surface area contributed by atoms with Crippen LogP contribution in [0.2, 0.25) is 0 Å². The topological polar surface area (TPSA) is 76.4 Å². The number of benzene rings is 2. The fraction of sp³-hybridized carbons (Fsp3) is 0.269. The van der Waals surface area contributed by atoms with E-state index in [0.29, 0.717) is 36.4 Å². The van der Waals surface area contributed by atoms with Crippen LogP contribution >= 0.6 is 11.8 Å². The van der Waals surface area contributed by atoms with Gasteiger partial charge in [0.1, 0.15) is 12.3 Å². The summed E-state index contributed by atoms with van der Waals surface area (Å²) < 4.78 is 12.5. The number of nitrogens with zero attached hydrogens (tertiary/aromatic N) is 4. The van der Waals surface area contributed by atoms with E-state index in [-0.39, 0.29) is 18.4 Å². The molecule has 0 spiro atoms. The van der Waals surface area contributed by atoms with E-state index < -0.39 is 0 Å². The lowest BCUT2D eigenvalue weighted by Crippen LogP contribution is -2.42. The fourth-order valence-electron chi connectivity index (χ4n) is 4.14. The minimum Gasteiger partial charge on any atom is -0.497 e. The van der Waals surface area contributed by atoms with Crippen LogP contribution in [0.4, 0.5) is 5.69 Å². The van der Waals surface area contributed by atoms with E-state index in [2.05, 4.69) is 4.99 Å². The molecule has 2 aliphatic heterocycles. The smallest absolute Gasteiger partial charge is 0.266 e. The highest BCUT2D eigenvalue weighted by atomic mass is 32.2. The zero-order chi connectivity index (χ0) is 24.4. The molecule has 2 saturated heterocycles. The highest BCUT2D eigenvalue weighted by Gasteiger charge is 2.31. The molecule has 2 amide bonds. The molecule has 0 unspecified atom stereocenters. The van der Waals surface area contributed by atoms with Crippen molar-refractivity contribution in [3.63, 3.8) is 0 Å². The minimum absolute atomic E-state index is 0.0632. The third-order valence-electron chi connectivity index (χ3n) is 6.08. The van der Waals surface area contributed by atoms with Crippen LogP contribution < -0.4 is 4.74 Å². The van der Waals surface area contributed by atoms with Gasteiger partial charge in [0.05, 0.1) is 30.9 Å². The molecule has 180 valence electrons. The van der Waals surface area contributed by atoms with Crippen LogP contribution in [0.5, 0.6) is 5.75 Å². The number of carbonyl (C=O) groups excluding carboxylic acids is 2. The lowest BCUT2D eigenvalue weighted by atomic mass is 10.1. The van der Waals surface area contributed by atoms with Crippen LogP contribution in [0.1, 0.15) is 5.56 Å². The van der Waals surface area contributed by atoms with Gasteiger partial charge in [-0.25, -0.2) is 4.99 Å². The van der Waals surface area contributed by atoms with E-state index >= 15 is 0 Å². The molecular formula is C26H26N4O4S. The summed E-state index contributed by atoms with van der Waals surface area (Å²) in [6.07, 6.45) is 3.83. The Morgan fingerprint density at radius 3 is 2.63 bits per heavy atom. The molecule has 3 aromatic rings. The average molecular weight is 491 g/mol. The highest BCUT2D eigenvalue weighted by Crippen LogP contribution is 2.35. The molecule has 0 radical (unpaired) electrons. The monoisotopic (exact) mass is 490 g/mol. The quantitative estimate of drug-likeness (QED) is 0.510. The Bertz CT molecular complexity index is 1320. The third-order valence-corrected chi connectivity index (χ3v) is 7.14.